The Morgan fingerprint density at radius 3 is 2.65 bits per heavy atom. The number of fused-ring (bicyclic) bond motifs is 1. The molecule has 0 radical (unpaired) electrons. The highest BCUT2D eigenvalue weighted by Gasteiger charge is 2.24. The smallest absolute Gasteiger partial charge is 0.375 e. The summed E-state index contributed by atoms with van der Waals surface area (Å²) in [6, 6.07) is 5.03. The van der Waals surface area contributed by atoms with Crippen LogP contribution in [-0.2, 0) is 7.05 Å². The molecular formula is C11H10N2O4. The molecule has 0 saturated carbocycles. The Labute approximate surface area is 95.9 Å². The van der Waals surface area contributed by atoms with E-state index in [1.54, 1.807) is 25.1 Å². The van der Waals surface area contributed by atoms with E-state index in [4.69, 9.17) is 0 Å². The van der Waals surface area contributed by atoms with Gasteiger partial charge >= 0.3 is 11.2 Å². The average molecular weight is 234 g/mol. The number of benzene rings is 1. The number of nitro groups is 1. The van der Waals surface area contributed by atoms with Crippen molar-refractivity contribution in [3.8, 4) is 5.75 Å². The summed E-state index contributed by atoms with van der Waals surface area (Å²) in [6.07, 6.45) is 0. The van der Waals surface area contributed by atoms with Crippen LogP contribution in [-0.4, -0.2) is 14.6 Å². The topological polar surface area (TPSA) is 85.4 Å². The van der Waals surface area contributed by atoms with E-state index in [2.05, 4.69) is 0 Å². The van der Waals surface area contributed by atoms with Crippen LogP contribution in [0.1, 0.15) is 5.56 Å². The molecule has 17 heavy (non-hydrogen) atoms. The third kappa shape index (κ3) is 1.54. The Bertz CT molecular complexity index is 688. The molecule has 0 bridgehead atoms. The SMILES string of the molecule is Cc1ccc2c(c1)c(O)c([N+](=O)[O-])c(=O)n2C. The predicted molar refractivity (Wildman–Crippen MR) is 62.2 cm³/mol. The Morgan fingerprint density at radius 1 is 1.41 bits per heavy atom. The van der Waals surface area contributed by atoms with Crippen LogP contribution in [0.4, 0.5) is 5.69 Å². The van der Waals surface area contributed by atoms with Gasteiger partial charge in [-0.15, -0.1) is 0 Å². The first-order valence-electron chi connectivity index (χ1n) is 4.90. The maximum absolute atomic E-state index is 11.7. The lowest BCUT2D eigenvalue weighted by Gasteiger charge is -2.07. The summed E-state index contributed by atoms with van der Waals surface area (Å²) in [5.41, 5.74) is -0.293. The van der Waals surface area contributed by atoms with Crippen LogP contribution in [0.25, 0.3) is 10.9 Å². The molecule has 1 aromatic carbocycles. The molecule has 0 aliphatic carbocycles. The van der Waals surface area contributed by atoms with Crippen LogP contribution >= 0.6 is 0 Å². The number of nitrogens with zero attached hydrogens (tertiary/aromatic N) is 2. The van der Waals surface area contributed by atoms with E-state index >= 15 is 0 Å². The first-order valence-corrected chi connectivity index (χ1v) is 4.90. The maximum atomic E-state index is 11.7. The molecule has 6 nitrogen and oxygen atoms in total. The van der Waals surface area contributed by atoms with Gasteiger partial charge in [0.1, 0.15) is 0 Å². The van der Waals surface area contributed by atoms with Crippen molar-refractivity contribution >= 4 is 16.6 Å². The summed E-state index contributed by atoms with van der Waals surface area (Å²) < 4.78 is 1.16. The van der Waals surface area contributed by atoms with Gasteiger partial charge in [0.25, 0.3) is 0 Å². The second-order valence-electron chi connectivity index (χ2n) is 3.84. The number of aryl methyl sites for hydroxylation is 2. The van der Waals surface area contributed by atoms with Crippen LogP contribution in [0.2, 0.25) is 0 Å². The molecule has 0 spiro atoms. The van der Waals surface area contributed by atoms with Crippen LogP contribution in [0.15, 0.2) is 23.0 Å². The summed E-state index contributed by atoms with van der Waals surface area (Å²) in [4.78, 5) is 21.6. The number of aromatic hydroxyl groups is 1. The lowest BCUT2D eigenvalue weighted by atomic mass is 10.1. The van der Waals surface area contributed by atoms with Gasteiger partial charge in [-0.25, -0.2) is 0 Å². The largest absolute Gasteiger partial charge is 0.501 e. The molecular weight excluding hydrogens is 224 g/mol. The number of rotatable bonds is 1. The van der Waals surface area contributed by atoms with Gasteiger partial charge in [0.15, 0.2) is 0 Å². The van der Waals surface area contributed by atoms with Gasteiger partial charge in [0, 0.05) is 12.4 Å². The van der Waals surface area contributed by atoms with Gasteiger partial charge in [0.2, 0.25) is 5.75 Å². The van der Waals surface area contributed by atoms with E-state index in [-0.39, 0.29) is 0 Å². The molecule has 0 unspecified atom stereocenters. The minimum absolute atomic E-state index is 0.304. The summed E-state index contributed by atoms with van der Waals surface area (Å²) in [5.74, 6) is -0.572. The first kappa shape index (κ1) is 11.1. The van der Waals surface area contributed by atoms with Crippen molar-refractivity contribution < 1.29 is 10.0 Å². The molecule has 1 N–H and O–H groups in total. The van der Waals surface area contributed by atoms with E-state index in [1.165, 1.54) is 7.05 Å². The van der Waals surface area contributed by atoms with E-state index in [9.17, 15) is 20.0 Å². The minimum Gasteiger partial charge on any atom is -0.501 e. The van der Waals surface area contributed by atoms with E-state index in [1.807, 2.05) is 0 Å². The molecule has 0 aliphatic heterocycles. The van der Waals surface area contributed by atoms with Crippen molar-refractivity contribution in [1.29, 1.82) is 0 Å². The van der Waals surface area contributed by atoms with Gasteiger partial charge < -0.3 is 9.67 Å². The summed E-state index contributed by atoms with van der Waals surface area (Å²) >= 11 is 0. The molecule has 0 aliphatic rings. The molecule has 2 rings (SSSR count). The minimum atomic E-state index is -0.862. The van der Waals surface area contributed by atoms with Crippen LogP contribution in [0, 0.1) is 17.0 Å². The zero-order valence-corrected chi connectivity index (χ0v) is 9.30. The van der Waals surface area contributed by atoms with Crippen molar-refractivity contribution in [2.24, 2.45) is 7.05 Å². The molecule has 6 heteroatoms. The number of hydrogen-bond donors (Lipinski definition) is 1. The lowest BCUT2D eigenvalue weighted by Crippen LogP contribution is -2.20. The normalized spacial score (nSPS) is 10.7. The molecule has 0 saturated heterocycles. The molecule has 0 fully saturated rings. The van der Waals surface area contributed by atoms with E-state index in [0.29, 0.717) is 10.9 Å². The average Bonchev–Trinajstić information content (AvgIpc) is 2.26. The van der Waals surface area contributed by atoms with Gasteiger partial charge in [-0.3, -0.25) is 14.9 Å². The van der Waals surface area contributed by atoms with Gasteiger partial charge in [-0.1, -0.05) is 11.6 Å². The number of aromatic nitrogens is 1. The van der Waals surface area contributed by atoms with Crippen molar-refractivity contribution in [3.63, 3.8) is 0 Å². The third-order valence-electron chi connectivity index (χ3n) is 2.68. The lowest BCUT2D eigenvalue weighted by molar-refractivity contribution is -0.387. The van der Waals surface area contributed by atoms with Crippen molar-refractivity contribution in [3.05, 3.63) is 44.2 Å². The van der Waals surface area contributed by atoms with E-state index in [0.717, 1.165) is 10.1 Å². The predicted octanol–water partition coefficient (Wildman–Crippen LogP) is 1.46. The zero-order chi connectivity index (χ0) is 12.7. The highest BCUT2D eigenvalue weighted by molar-refractivity contribution is 5.89. The summed E-state index contributed by atoms with van der Waals surface area (Å²) in [5, 5.41) is 20.9. The summed E-state index contributed by atoms with van der Waals surface area (Å²) in [7, 11) is 1.44. The second kappa shape index (κ2) is 3.58. The van der Waals surface area contributed by atoms with Crippen LogP contribution in [0.3, 0.4) is 0 Å². The Hall–Kier alpha value is -2.37. The Kier molecular flexibility index (Phi) is 2.35. The number of pyridine rings is 1. The van der Waals surface area contributed by atoms with E-state index < -0.39 is 21.9 Å². The van der Waals surface area contributed by atoms with Crippen molar-refractivity contribution in [2.45, 2.75) is 6.92 Å². The quantitative estimate of drug-likeness (QED) is 0.597. The van der Waals surface area contributed by atoms with Crippen molar-refractivity contribution in [2.75, 3.05) is 0 Å². The molecule has 2 aromatic rings. The fourth-order valence-electron chi connectivity index (χ4n) is 1.79. The molecule has 0 atom stereocenters. The second-order valence-corrected chi connectivity index (χ2v) is 3.84. The fourth-order valence-corrected chi connectivity index (χ4v) is 1.79. The Balaban J connectivity index is 3.06. The fraction of sp³-hybridized carbons (Fsp3) is 0.182. The molecule has 88 valence electrons. The monoisotopic (exact) mass is 234 g/mol. The Morgan fingerprint density at radius 2 is 2.06 bits per heavy atom. The van der Waals surface area contributed by atoms with Crippen molar-refractivity contribution in [1.82, 2.24) is 4.57 Å². The summed E-state index contributed by atoms with van der Waals surface area (Å²) in [6.45, 7) is 1.80. The van der Waals surface area contributed by atoms with Gasteiger partial charge in [0.05, 0.1) is 10.4 Å². The highest BCUT2D eigenvalue weighted by atomic mass is 16.6. The number of hydrogen-bond acceptors (Lipinski definition) is 4. The molecule has 0 amide bonds. The maximum Gasteiger partial charge on any atom is 0.375 e. The zero-order valence-electron chi connectivity index (χ0n) is 9.30. The highest BCUT2D eigenvalue weighted by Crippen LogP contribution is 2.31. The van der Waals surface area contributed by atoms with Crippen LogP contribution < -0.4 is 5.56 Å². The van der Waals surface area contributed by atoms with Crippen LogP contribution in [0.5, 0.6) is 5.75 Å². The van der Waals surface area contributed by atoms with Gasteiger partial charge in [-0.05, 0) is 19.1 Å². The molecule has 1 heterocycles. The third-order valence-corrected chi connectivity index (χ3v) is 2.68. The standard InChI is InChI=1S/C11H10N2O4/c1-6-3-4-8-7(5-6)10(14)9(13(16)17)11(15)12(8)2/h3-5,14H,1-2H3. The first-order chi connectivity index (χ1) is 7.93. The van der Waals surface area contributed by atoms with Gasteiger partial charge in [-0.2, -0.15) is 0 Å². The molecule has 1 aromatic heterocycles.